The van der Waals surface area contributed by atoms with Crippen LogP contribution in [0, 0.1) is 0 Å². The molecule has 0 heterocycles. The van der Waals surface area contributed by atoms with Crippen LogP contribution in [-0.4, -0.2) is 17.1 Å². The molecule has 0 unspecified atom stereocenters. The van der Waals surface area contributed by atoms with Gasteiger partial charge in [0.05, 0.1) is 34.2 Å². The second kappa shape index (κ2) is 21.8. The maximum Gasteiger partial charge on any atom is 0.0781 e. The third kappa shape index (κ3) is 11.5. The molecule has 0 saturated heterocycles. The van der Waals surface area contributed by atoms with E-state index in [9.17, 15) is 0 Å². The summed E-state index contributed by atoms with van der Waals surface area (Å²) in [5.41, 5.74) is 16.2. The zero-order valence-electron chi connectivity index (χ0n) is 37.8. The minimum atomic E-state index is 0.347. The first-order chi connectivity index (χ1) is 33.9. The summed E-state index contributed by atoms with van der Waals surface area (Å²) >= 11 is 10.9. The molecule has 0 aliphatic heterocycles. The summed E-state index contributed by atoms with van der Waals surface area (Å²) in [6.07, 6.45) is 3.17. The van der Waals surface area contributed by atoms with E-state index < -0.39 is 0 Å². The second-order valence-electron chi connectivity index (χ2n) is 17.6. The van der Waals surface area contributed by atoms with Crippen LogP contribution in [0.1, 0.15) is 87.1 Å². The first-order valence-electron chi connectivity index (χ1n) is 23.4. The molecule has 1 saturated carbocycles. The van der Waals surface area contributed by atoms with Crippen molar-refractivity contribution in [2.75, 3.05) is 0 Å². The molecule has 0 aromatic heterocycles. The number of halogens is 3. The van der Waals surface area contributed by atoms with Gasteiger partial charge in [-0.2, -0.15) is 0 Å². The van der Waals surface area contributed by atoms with Crippen LogP contribution in [0.5, 0.6) is 0 Å². The Morgan fingerprint density at radius 2 is 0.464 bits per heavy atom. The first kappa shape index (κ1) is 46.2. The number of aliphatic imine (C=N–C) groups is 3. The maximum atomic E-state index is 5.19. The van der Waals surface area contributed by atoms with Crippen molar-refractivity contribution in [1.29, 1.82) is 0 Å². The predicted molar refractivity (Wildman–Crippen MR) is 299 cm³/mol. The fourth-order valence-corrected chi connectivity index (χ4v) is 10.3. The SMILES string of the molecule is Brc1ccc(C(=Nc2ccccc2)c2ccc(C3CC(c4ccc(C(=Nc5ccccc5)c5ccc(Br)cc5)cc4)CC(c4ccc(C(=Nc5ccccc5)c5ccc(Br)cc5)cc4)C3)cc2)cc1. The zero-order valence-corrected chi connectivity index (χ0v) is 42.6. The molecule has 0 N–H and O–H groups in total. The van der Waals surface area contributed by atoms with Gasteiger partial charge in [-0.3, -0.25) is 0 Å². The molecule has 0 bridgehead atoms. The average Bonchev–Trinajstić information content (AvgIpc) is 3.41. The highest BCUT2D eigenvalue weighted by atomic mass is 79.9. The van der Waals surface area contributed by atoms with E-state index in [4.69, 9.17) is 15.0 Å². The standard InChI is InChI=1S/C63H48Br3N3/c64-55-34-28-49(29-35-55)61(67-58-10-4-1-5-11-58)46-22-16-43(17-23-46)52-40-53(44-18-24-47(25-19-44)62(50-30-36-56(65)37-31-50)68-59-12-6-2-7-13-59)42-54(41-52)45-20-26-48(27-21-45)63(51-32-38-57(66)39-33-51)69-60-14-8-3-9-15-60/h1-39,52-54H,40-42H2. The molecule has 10 rings (SSSR count). The summed E-state index contributed by atoms with van der Waals surface area (Å²) in [6, 6.07) is 83.7. The average molecular weight is 1090 g/mol. The summed E-state index contributed by atoms with van der Waals surface area (Å²) in [5, 5.41) is 0. The molecule has 0 spiro atoms. The van der Waals surface area contributed by atoms with Gasteiger partial charge in [-0.25, -0.2) is 15.0 Å². The molecule has 6 heteroatoms. The Morgan fingerprint density at radius 3 is 0.681 bits per heavy atom. The highest BCUT2D eigenvalue weighted by molar-refractivity contribution is 9.11. The van der Waals surface area contributed by atoms with Crippen LogP contribution < -0.4 is 0 Å². The van der Waals surface area contributed by atoms with Crippen LogP contribution >= 0.6 is 47.8 Å². The number of benzene rings is 9. The topological polar surface area (TPSA) is 37.1 Å². The van der Waals surface area contributed by atoms with Gasteiger partial charge in [0.2, 0.25) is 0 Å². The highest BCUT2D eigenvalue weighted by Crippen LogP contribution is 2.48. The highest BCUT2D eigenvalue weighted by Gasteiger charge is 2.32. The number of nitrogens with zero attached hydrogens (tertiary/aromatic N) is 3. The van der Waals surface area contributed by atoms with Crippen molar-refractivity contribution in [2.45, 2.75) is 37.0 Å². The minimum absolute atomic E-state index is 0.347. The number of rotatable bonds is 12. The van der Waals surface area contributed by atoms with Crippen LogP contribution in [0.3, 0.4) is 0 Å². The van der Waals surface area contributed by atoms with Crippen molar-refractivity contribution >= 4 is 82.0 Å². The predicted octanol–water partition coefficient (Wildman–Crippen LogP) is 18.3. The van der Waals surface area contributed by atoms with Crippen LogP contribution in [0.4, 0.5) is 17.1 Å². The summed E-state index contributed by atoms with van der Waals surface area (Å²) in [5.74, 6) is 1.04. The quantitative estimate of drug-likeness (QED) is 0.109. The van der Waals surface area contributed by atoms with Crippen molar-refractivity contribution in [1.82, 2.24) is 0 Å². The minimum Gasteiger partial charge on any atom is -0.248 e. The van der Waals surface area contributed by atoms with E-state index in [1.54, 1.807) is 0 Å². The summed E-state index contributed by atoms with van der Waals surface area (Å²) in [6.45, 7) is 0. The van der Waals surface area contributed by atoms with Gasteiger partial charge < -0.3 is 0 Å². The van der Waals surface area contributed by atoms with Crippen LogP contribution in [-0.2, 0) is 0 Å². The van der Waals surface area contributed by atoms with Gasteiger partial charge in [0.15, 0.2) is 0 Å². The smallest absolute Gasteiger partial charge is 0.0781 e. The Labute approximate surface area is 430 Å². The molecule has 336 valence electrons. The van der Waals surface area contributed by atoms with Gasteiger partial charge in [-0.15, -0.1) is 0 Å². The van der Waals surface area contributed by atoms with Crippen molar-refractivity contribution in [3.8, 4) is 0 Å². The van der Waals surface area contributed by atoms with Crippen LogP contribution in [0.15, 0.2) is 265 Å². The van der Waals surface area contributed by atoms with Gasteiger partial charge >= 0.3 is 0 Å². The lowest BCUT2D eigenvalue weighted by Gasteiger charge is -2.36. The fourth-order valence-electron chi connectivity index (χ4n) is 9.48. The molecule has 9 aromatic rings. The Bertz CT molecular complexity index is 2850. The van der Waals surface area contributed by atoms with Crippen LogP contribution in [0.25, 0.3) is 0 Å². The third-order valence-electron chi connectivity index (χ3n) is 13.0. The third-order valence-corrected chi connectivity index (χ3v) is 14.6. The summed E-state index contributed by atoms with van der Waals surface area (Å²) < 4.78 is 3.13. The fraction of sp³-hybridized carbons (Fsp3) is 0.0952. The molecule has 9 aromatic carbocycles. The molecule has 3 nitrogen and oxygen atoms in total. The number of hydrogen-bond donors (Lipinski definition) is 0. The van der Waals surface area contributed by atoms with Crippen molar-refractivity contribution < 1.29 is 0 Å². The van der Waals surface area contributed by atoms with Crippen molar-refractivity contribution in [3.63, 3.8) is 0 Å². The molecule has 0 radical (unpaired) electrons. The lowest BCUT2D eigenvalue weighted by atomic mass is 9.68. The lowest BCUT2D eigenvalue weighted by Crippen LogP contribution is -2.20. The van der Waals surface area contributed by atoms with E-state index in [0.717, 1.165) is 100 Å². The zero-order chi connectivity index (χ0) is 46.9. The number of para-hydroxylation sites is 3. The van der Waals surface area contributed by atoms with Crippen molar-refractivity contribution in [3.05, 3.63) is 300 Å². The largest absolute Gasteiger partial charge is 0.248 e. The summed E-state index contributed by atoms with van der Waals surface area (Å²) in [7, 11) is 0. The Hall–Kier alpha value is -6.57. The monoisotopic (exact) mass is 1080 g/mol. The van der Waals surface area contributed by atoms with Gasteiger partial charge in [0.1, 0.15) is 0 Å². The molecule has 1 fully saturated rings. The van der Waals surface area contributed by atoms with Gasteiger partial charge in [-0.05, 0) is 127 Å². The van der Waals surface area contributed by atoms with E-state index in [-0.39, 0.29) is 0 Å². The molecule has 0 amide bonds. The molecule has 1 aliphatic rings. The van der Waals surface area contributed by atoms with Crippen LogP contribution in [0.2, 0.25) is 0 Å². The van der Waals surface area contributed by atoms with Gasteiger partial charge in [0, 0.05) is 46.8 Å². The number of hydrogen-bond acceptors (Lipinski definition) is 3. The molecular formula is C63H48Br3N3. The van der Waals surface area contributed by atoms with Gasteiger partial charge in [0.25, 0.3) is 0 Å². The molecule has 69 heavy (non-hydrogen) atoms. The van der Waals surface area contributed by atoms with E-state index in [1.165, 1.54) is 16.7 Å². The molecular weight excluding hydrogens is 1040 g/mol. The van der Waals surface area contributed by atoms with E-state index in [1.807, 2.05) is 54.6 Å². The van der Waals surface area contributed by atoms with Gasteiger partial charge in [-0.1, -0.05) is 212 Å². The first-order valence-corrected chi connectivity index (χ1v) is 25.8. The van der Waals surface area contributed by atoms with Crippen molar-refractivity contribution in [2.24, 2.45) is 15.0 Å². The summed E-state index contributed by atoms with van der Waals surface area (Å²) in [4.78, 5) is 15.6. The molecule has 1 aliphatic carbocycles. The van der Waals surface area contributed by atoms with E-state index in [0.29, 0.717) is 17.8 Å². The maximum absolute atomic E-state index is 5.19. The normalized spacial score (nSPS) is 16.6. The molecule has 0 atom stereocenters. The van der Waals surface area contributed by atoms with E-state index >= 15 is 0 Å². The Balaban J connectivity index is 0.996. The lowest BCUT2D eigenvalue weighted by molar-refractivity contribution is 0.351. The van der Waals surface area contributed by atoms with E-state index in [2.05, 4.69) is 230 Å². The Kier molecular flexibility index (Phi) is 14.6. The second-order valence-corrected chi connectivity index (χ2v) is 20.3. The Morgan fingerprint density at radius 1 is 0.261 bits per heavy atom.